The van der Waals surface area contributed by atoms with Gasteiger partial charge >= 0.3 is 10.1 Å². The fraction of sp³-hybridized carbons (Fsp3) is 0.0909. The minimum absolute atomic E-state index is 0.0639. The minimum Gasteiger partial charge on any atom is -0.379 e. The monoisotopic (exact) mass is 454 g/mol. The highest BCUT2D eigenvalue weighted by Crippen LogP contribution is 2.25. The van der Waals surface area contributed by atoms with Crippen LogP contribution in [0.15, 0.2) is 71.6 Å². The number of nitrogens with one attached hydrogen (secondary N) is 1. The second-order valence-electron chi connectivity index (χ2n) is 6.86. The molecular weight excluding hydrogens is 436 g/mol. The quantitative estimate of drug-likeness (QED) is 0.246. The maximum absolute atomic E-state index is 12.6. The molecule has 3 rings (SSSR count). The van der Waals surface area contributed by atoms with E-state index < -0.39 is 20.9 Å². The van der Waals surface area contributed by atoms with Crippen molar-refractivity contribution in [2.75, 3.05) is 5.32 Å². The second kappa shape index (κ2) is 8.98. The molecule has 0 bridgehead atoms. The van der Waals surface area contributed by atoms with Crippen molar-refractivity contribution in [1.82, 2.24) is 0 Å². The van der Waals surface area contributed by atoms with Crippen LogP contribution in [0, 0.1) is 17.0 Å². The molecule has 0 saturated heterocycles. The molecule has 164 valence electrons. The van der Waals surface area contributed by atoms with Crippen LogP contribution in [0.4, 0.5) is 11.4 Å². The number of ketones is 1. The van der Waals surface area contributed by atoms with Crippen molar-refractivity contribution in [3.63, 3.8) is 0 Å². The van der Waals surface area contributed by atoms with Gasteiger partial charge < -0.3 is 9.50 Å². The number of amides is 1. The average molecular weight is 454 g/mol. The molecule has 0 unspecified atom stereocenters. The predicted octanol–water partition coefficient (Wildman–Crippen LogP) is 4.13. The largest absolute Gasteiger partial charge is 0.379 e. The lowest BCUT2D eigenvalue weighted by molar-refractivity contribution is -0.385. The number of Topliss-reactive ketones (excluding diaryl/α,β-unsaturated/α-hetero) is 1. The molecule has 0 aliphatic heterocycles. The van der Waals surface area contributed by atoms with E-state index in [0.29, 0.717) is 16.8 Å². The molecule has 10 heteroatoms. The number of non-ortho nitro benzene ring substituents is 1. The average Bonchev–Trinajstić information content (AvgIpc) is 2.74. The standard InChI is InChI=1S/C22H18N2O7S/c1-14-6-9-19(24(27)28)13-21(14)32(29,30)31-20-10-7-16(8-11-20)22(26)23-18-5-3-4-17(12-18)15(2)25/h3-13H,1-2H3,(H,23,26). The van der Waals surface area contributed by atoms with Crippen LogP contribution < -0.4 is 9.50 Å². The van der Waals surface area contributed by atoms with Crippen LogP contribution in [0.3, 0.4) is 0 Å². The summed E-state index contributed by atoms with van der Waals surface area (Å²) in [5.41, 5.74) is 1.03. The predicted molar refractivity (Wildman–Crippen MR) is 116 cm³/mol. The molecule has 9 nitrogen and oxygen atoms in total. The molecule has 0 atom stereocenters. The molecule has 3 aromatic rings. The number of carbonyl (C=O) groups excluding carboxylic acids is 2. The lowest BCUT2D eigenvalue weighted by Gasteiger charge is -2.10. The van der Waals surface area contributed by atoms with Crippen LogP contribution in [0.5, 0.6) is 5.75 Å². The maximum atomic E-state index is 12.6. The van der Waals surface area contributed by atoms with Crippen molar-refractivity contribution in [2.45, 2.75) is 18.7 Å². The van der Waals surface area contributed by atoms with E-state index in [0.717, 1.165) is 6.07 Å². The summed E-state index contributed by atoms with van der Waals surface area (Å²) in [6.07, 6.45) is 0. The van der Waals surface area contributed by atoms with Crippen LogP contribution in [0.1, 0.15) is 33.2 Å². The Kier molecular flexibility index (Phi) is 6.35. The van der Waals surface area contributed by atoms with E-state index in [-0.39, 0.29) is 27.7 Å². The molecule has 0 aliphatic carbocycles. The minimum atomic E-state index is -4.33. The van der Waals surface area contributed by atoms with Gasteiger partial charge in [0.2, 0.25) is 0 Å². The van der Waals surface area contributed by atoms with Crippen molar-refractivity contribution in [3.05, 3.63) is 93.5 Å². The van der Waals surface area contributed by atoms with Crippen LogP contribution >= 0.6 is 0 Å². The third-order valence-electron chi connectivity index (χ3n) is 4.50. The number of carbonyl (C=O) groups is 2. The smallest absolute Gasteiger partial charge is 0.339 e. The normalized spacial score (nSPS) is 10.9. The zero-order chi connectivity index (χ0) is 23.5. The van der Waals surface area contributed by atoms with E-state index in [1.54, 1.807) is 24.3 Å². The first-order chi connectivity index (χ1) is 15.1. The summed E-state index contributed by atoms with van der Waals surface area (Å²) in [6, 6.07) is 15.2. The van der Waals surface area contributed by atoms with Crippen molar-refractivity contribution in [1.29, 1.82) is 0 Å². The zero-order valence-corrected chi connectivity index (χ0v) is 17.9. The topological polar surface area (TPSA) is 133 Å². The van der Waals surface area contributed by atoms with Crippen molar-refractivity contribution < 1.29 is 27.1 Å². The van der Waals surface area contributed by atoms with Gasteiger partial charge in [-0.25, -0.2) is 0 Å². The van der Waals surface area contributed by atoms with E-state index in [1.165, 1.54) is 50.2 Å². The van der Waals surface area contributed by atoms with Crippen LogP contribution in [0.25, 0.3) is 0 Å². The lowest BCUT2D eigenvalue weighted by atomic mass is 10.1. The van der Waals surface area contributed by atoms with E-state index in [2.05, 4.69) is 5.32 Å². The highest BCUT2D eigenvalue weighted by atomic mass is 32.2. The van der Waals surface area contributed by atoms with Crippen LogP contribution in [-0.2, 0) is 10.1 Å². The Morgan fingerprint density at radius 3 is 2.28 bits per heavy atom. The molecule has 1 amide bonds. The van der Waals surface area contributed by atoms with Crippen molar-refractivity contribution in [3.8, 4) is 5.75 Å². The number of nitro benzene ring substituents is 1. The van der Waals surface area contributed by atoms with Crippen LogP contribution in [0.2, 0.25) is 0 Å². The Labute approximate surface area is 183 Å². The number of benzene rings is 3. The first-order valence-corrected chi connectivity index (χ1v) is 10.7. The summed E-state index contributed by atoms with van der Waals surface area (Å²) in [4.78, 5) is 33.8. The van der Waals surface area contributed by atoms with Gasteiger partial charge in [0.25, 0.3) is 11.6 Å². The Balaban J connectivity index is 1.76. The summed E-state index contributed by atoms with van der Waals surface area (Å²) in [7, 11) is -4.33. The van der Waals surface area contributed by atoms with Gasteiger partial charge in [-0.05, 0) is 55.8 Å². The molecule has 0 aromatic heterocycles. The number of aryl methyl sites for hydroxylation is 1. The van der Waals surface area contributed by atoms with Gasteiger partial charge in [-0.15, -0.1) is 0 Å². The number of hydrogen-bond donors (Lipinski definition) is 1. The van der Waals surface area contributed by atoms with Gasteiger partial charge in [0.15, 0.2) is 5.78 Å². The first kappa shape index (κ1) is 22.6. The fourth-order valence-corrected chi connectivity index (χ4v) is 4.01. The molecule has 0 radical (unpaired) electrons. The molecule has 1 N–H and O–H groups in total. The van der Waals surface area contributed by atoms with E-state index in [1.807, 2.05) is 0 Å². The molecule has 0 spiro atoms. The number of nitro groups is 1. The third kappa shape index (κ3) is 5.16. The number of rotatable bonds is 7. The summed E-state index contributed by atoms with van der Waals surface area (Å²) >= 11 is 0. The molecule has 0 aliphatic rings. The third-order valence-corrected chi connectivity index (χ3v) is 5.89. The van der Waals surface area contributed by atoms with Crippen molar-refractivity contribution >= 4 is 33.2 Å². The highest BCUT2D eigenvalue weighted by Gasteiger charge is 2.23. The zero-order valence-electron chi connectivity index (χ0n) is 17.1. The molecule has 32 heavy (non-hydrogen) atoms. The van der Waals surface area contributed by atoms with Gasteiger partial charge in [0, 0.05) is 28.9 Å². The molecule has 3 aromatic carbocycles. The number of hydrogen-bond acceptors (Lipinski definition) is 7. The summed E-state index contributed by atoms with van der Waals surface area (Å²) in [6.45, 7) is 2.91. The summed E-state index contributed by atoms with van der Waals surface area (Å²) in [5, 5.41) is 13.6. The number of nitrogens with zero attached hydrogens (tertiary/aromatic N) is 1. The summed E-state index contributed by atoms with van der Waals surface area (Å²) in [5.74, 6) is -0.663. The van der Waals surface area contributed by atoms with Gasteiger partial charge in [-0.2, -0.15) is 8.42 Å². The summed E-state index contributed by atoms with van der Waals surface area (Å²) < 4.78 is 30.3. The van der Waals surface area contributed by atoms with E-state index in [9.17, 15) is 28.1 Å². The van der Waals surface area contributed by atoms with Crippen LogP contribution in [-0.4, -0.2) is 25.0 Å². The molecule has 0 saturated carbocycles. The highest BCUT2D eigenvalue weighted by molar-refractivity contribution is 7.87. The first-order valence-electron chi connectivity index (χ1n) is 9.29. The molecular formula is C22H18N2O7S. The van der Waals surface area contributed by atoms with Crippen molar-refractivity contribution in [2.24, 2.45) is 0 Å². The van der Waals surface area contributed by atoms with E-state index in [4.69, 9.17) is 4.18 Å². The van der Waals surface area contributed by atoms with E-state index >= 15 is 0 Å². The fourth-order valence-electron chi connectivity index (χ4n) is 2.82. The maximum Gasteiger partial charge on any atom is 0.339 e. The van der Waals surface area contributed by atoms with Gasteiger partial charge in [0.05, 0.1) is 4.92 Å². The molecule has 0 fully saturated rings. The number of anilines is 1. The Hall–Kier alpha value is -4.05. The SMILES string of the molecule is CC(=O)c1cccc(NC(=O)c2ccc(OS(=O)(=O)c3cc([N+](=O)[O-])ccc3C)cc2)c1. The van der Waals surface area contributed by atoms with Gasteiger partial charge in [0.1, 0.15) is 10.6 Å². The Bertz CT molecular complexity index is 1320. The van der Waals surface area contributed by atoms with Gasteiger partial charge in [-0.1, -0.05) is 18.2 Å². The molecule has 0 heterocycles. The second-order valence-corrected chi connectivity index (χ2v) is 8.37. The Morgan fingerprint density at radius 2 is 1.66 bits per heavy atom. The lowest BCUT2D eigenvalue weighted by Crippen LogP contribution is -2.13. The Morgan fingerprint density at radius 1 is 0.969 bits per heavy atom. The van der Waals surface area contributed by atoms with Gasteiger partial charge in [-0.3, -0.25) is 19.7 Å².